The maximum absolute atomic E-state index is 11.7. The van der Waals surface area contributed by atoms with E-state index in [0.29, 0.717) is 6.54 Å². The molecule has 1 fully saturated rings. The molecule has 0 aliphatic carbocycles. The lowest BCUT2D eigenvalue weighted by Crippen LogP contribution is -2.40. The maximum atomic E-state index is 11.7. The molecule has 0 radical (unpaired) electrons. The molecule has 0 unspecified atom stereocenters. The third-order valence-corrected chi connectivity index (χ3v) is 4.68. The van der Waals surface area contributed by atoms with Gasteiger partial charge in [0.15, 0.2) is 0 Å². The van der Waals surface area contributed by atoms with E-state index in [2.05, 4.69) is 15.4 Å². The number of hydrogen-bond acceptors (Lipinski definition) is 5. The number of nitrogens with zero attached hydrogens (tertiary/aromatic N) is 2. The van der Waals surface area contributed by atoms with E-state index in [1.54, 1.807) is 18.0 Å². The van der Waals surface area contributed by atoms with Crippen LogP contribution in [0.1, 0.15) is 5.56 Å². The van der Waals surface area contributed by atoms with Crippen LogP contribution < -0.4 is 5.43 Å². The highest BCUT2D eigenvalue weighted by molar-refractivity contribution is 7.99. The fourth-order valence-electron chi connectivity index (χ4n) is 1.87. The van der Waals surface area contributed by atoms with Crippen LogP contribution in [0, 0.1) is 0 Å². The van der Waals surface area contributed by atoms with E-state index in [1.807, 2.05) is 42.3 Å². The number of amides is 1. The molecule has 1 aliphatic rings. The molecule has 4 nitrogen and oxygen atoms in total. The Hall–Kier alpha value is -0.980. The molecule has 6 heteroatoms. The van der Waals surface area contributed by atoms with Gasteiger partial charge in [0, 0.05) is 29.5 Å². The summed E-state index contributed by atoms with van der Waals surface area (Å²) in [5, 5.41) is 4.00. The number of carbonyl (C=O) groups excluding carboxylic acids is 1. The van der Waals surface area contributed by atoms with Crippen molar-refractivity contribution in [2.75, 3.05) is 37.4 Å². The summed E-state index contributed by atoms with van der Waals surface area (Å²) >= 11 is 3.64. The zero-order chi connectivity index (χ0) is 14.2. The predicted octanol–water partition coefficient (Wildman–Crippen LogP) is 1.91. The minimum absolute atomic E-state index is 0.0473. The molecule has 0 atom stereocenters. The van der Waals surface area contributed by atoms with Crippen LogP contribution in [0.25, 0.3) is 0 Å². The number of thioether (sulfide) groups is 2. The average Bonchev–Trinajstić information content (AvgIpc) is 2.49. The lowest BCUT2D eigenvalue weighted by molar-refractivity contribution is -0.122. The smallest absolute Gasteiger partial charge is 0.254 e. The largest absolute Gasteiger partial charge is 0.293 e. The molecule has 0 bridgehead atoms. The van der Waals surface area contributed by atoms with Gasteiger partial charge < -0.3 is 0 Å². The fraction of sp³-hybridized carbons (Fsp3) is 0.429. The van der Waals surface area contributed by atoms with Crippen molar-refractivity contribution in [3.63, 3.8) is 0 Å². The summed E-state index contributed by atoms with van der Waals surface area (Å²) in [6.07, 6.45) is 3.72. The van der Waals surface area contributed by atoms with Gasteiger partial charge in [-0.3, -0.25) is 9.69 Å². The van der Waals surface area contributed by atoms with Crippen LogP contribution in [0.5, 0.6) is 0 Å². The molecule has 0 aromatic heterocycles. The fourth-order valence-corrected chi connectivity index (χ4v) is 3.25. The summed E-state index contributed by atoms with van der Waals surface area (Å²) in [6, 6.07) is 8.06. The minimum Gasteiger partial charge on any atom is -0.293 e. The first-order chi connectivity index (χ1) is 9.78. The van der Waals surface area contributed by atoms with Crippen molar-refractivity contribution in [3.8, 4) is 0 Å². The zero-order valence-corrected chi connectivity index (χ0v) is 13.2. The van der Waals surface area contributed by atoms with Gasteiger partial charge in [0.25, 0.3) is 5.91 Å². The molecular weight excluding hydrogens is 290 g/mol. The maximum Gasteiger partial charge on any atom is 0.254 e. The normalized spacial score (nSPS) is 16.4. The van der Waals surface area contributed by atoms with Gasteiger partial charge in [0.2, 0.25) is 0 Å². The Bertz CT molecular complexity index is 456. The Morgan fingerprint density at radius 1 is 1.40 bits per heavy atom. The van der Waals surface area contributed by atoms with Crippen molar-refractivity contribution < 1.29 is 4.79 Å². The van der Waals surface area contributed by atoms with E-state index in [-0.39, 0.29) is 5.91 Å². The molecule has 1 saturated heterocycles. The summed E-state index contributed by atoms with van der Waals surface area (Å²) in [6.45, 7) is 2.40. The molecule has 1 aliphatic heterocycles. The minimum atomic E-state index is -0.0473. The first-order valence-corrected chi connectivity index (χ1v) is 8.92. The third-order valence-electron chi connectivity index (χ3n) is 2.99. The highest BCUT2D eigenvalue weighted by atomic mass is 32.2. The summed E-state index contributed by atoms with van der Waals surface area (Å²) in [5.41, 5.74) is 3.57. The quantitative estimate of drug-likeness (QED) is 0.513. The van der Waals surface area contributed by atoms with Gasteiger partial charge >= 0.3 is 0 Å². The van der Waals surface area contributed by atoms with Gasteiger partial charge in [-0.2, -0.15) is 16.9 Å². The van der Waals surface area contributed by atoms with E-state index in [0.717, 1.165) is 30.2 Å². The summed E-state index contributed by atoms with van der Waals surface area (Å²) in [7, 11) is 0. The molecule has 1 aromatic carbocycles. The van der Waals surface area contributed by atoms with Crippen molar-refractivity contribution in [3.05, 3.63) is 29.8 Å². The number of carbonyl (C=O) groups is 1. The predicted molar refractivity (Wildman–Crippen MR) is 87.7 cm³/mol. The topological polar surface area (TPSA) is 44.7 Å². The van der Waals surface area contributed by atoms with Crippen LogP contribution in [-0.2, 0) is 4.79 Å². The van der Waals surface area contributed by atoms with Gasteiger partial charge in [-0.1, -0.05) is 12.1 Å². The number of rotatable bonds is 5. The Kier molecular flexibility index (Phi) is 6.42. The average molecular weight is 309 g/mol. The summed E-state index contributed by atoms with van der Waals surface area (Å²) in [5.74, 6) is 2.17. The molecule has 108 valence electrons. The summed E-state index contributed by atoms with van der Waals surface area (Å²) in [4.78, 5) is 15.1. The number of hydrogen-bond donors (Lipinski definition) is 1. The van der Waals surface area contributed by atoms with Gasteiger partial charge in [0.1, 0.15) is 0 Å². The Morgan fingerprint density at radius 3 is 2.75 bits per heavy atom. The van der Waals surface area contributed by atoms with Gasteiger partial charge in [0.05, 0.1) is 12.8 Å². The second-order valence-electron chi connectivity index (χ2n) is 4.45. The number of nitrogens with one attached hydrogen (secondary N) is 1. The molecule has 1 N–H and O–H groups in total. The van der Waals surface area contributed by atoms with Gasteiger partial charge in [-0.15, -0.1) is 11.8 Å². The van der Waals surface area contributed by atoms with Crippen molar-refractivity contribution in [2.45, 2.75) is 4.90 Å². The standard InChI is InChI=1S/C14H19N3OS2/c1-19-13-4-2-12(3-5-13)10-15-16-14(18)11-17-6-8-20-9-7-17/h2-5,10H,6-9,11H2,1H3,(H,16,18). The zero-order valence-electron chi connectivity index (χ0n) is 11.5. The second kappa shape index (κ2) is 8.34. The molecule has 2 rings (SSSR count). The molecule has 1 amide bonds. The lowest BCUT2D eigenvalue weighted by atomic mass is 10.2. The Labute approximate surface area is 128 Å². The van der Waals surface area contributed by atoms with Crippen molar-refractivity contribution in [1.29, 1.82) is 0 Å². The van der Waals surface area contributed by atoms with Gasteiger partial charge in [-0.25, -0.2) is 5.43 Å². The van der Waals surface area contributed by atoms with Crippen LogP contribution in [-0.4, -0.2) is 54.4 Å². The Balaban J connectivity index is 1.75. The molecule has 1 aromatic rings. The first kappa shape index (κ1) is 15.4. The van der Waals surface area contributed by atoms with Crippen molar-refractivity contribution >= 4 is 35.6 Å². The van der Waals surface area contributed by atoms with E-state index in [1.165, 1.54) is 4.90 Å². The monoisotopic (exact) mass is 309 g/mol. The number of benzene rings is 1. The third kappa shape index (κ3) is 5.19. The van der Waals surface area contributed by atoms with Crippen LogP contribution in [0.4, 0.5) is 0 Å². The van der Waals surface area contributed by atoms with Crippen molar-refractivity contribution in [2.24, 2.45) is 5.10 Å². The van der Waals surface area contributed by atoms with E-state index in [4.69, 9.17) is 0 Å². The highest BCUT2D eigenvalue weighted by Crippen LogP contribution is 2.13. The van der Waals surface area contributed by atoms with E-state index >= 15 is 0 Å². The number of hydrazone groups is 1. The highest BCUT2D eigenvalue weighted by Gasteiger charge is 2.13. The Morgan fingerprint density at radius 2 is 2.10 bits per heavy atom. The van der Waals surface area contributed by atoms with E-state index < -0.39 is 0 Å². The van der Waals surface area contributed by atoms with Gasteiger partial charge in [-0.05, 0) is 24.0 Å². The lowest BCUT2D eigenvalue weighted by Gasteiger charge is -2.24. The molecule has 1 heterocycles. The van der Waals surface area contributed by atoms with Crippen molar-refractivity contribution in [1.82, 2.24) is 10.3 Å². The SMILES string of the molecule is CSc1ccc(C=NNC(=O)CN2CCSCC2)cc1. The summed E-state index contributed by atoms with van der Waals surface area (Å²) < 4.78 is 0. The van der Waals surface area contributed by atoms with Crippen LogP contribution in [0.15, 0.2) is 34.3 Å². The molecule has 0 saturated carbocycles. The second-order valence-corrected chi connectivity index (χ2v) is 6.56. The van der Waals surface area contributed by atoms with Crippen LogP contribution in [0.3, 0.4) is 0 Å². The first-order valence-electron chi connectivity index (χ1n) is 6.54. The molecular formula is C14H19N3OS2. The van der Waals surface area contributed by atoms with Crippen LogP contribution in [0.2, 0.25) is 0 Å². The molecule has 20 heavy (non-hydrogen) atoms. The van der Waals surface area contributed by atoms with E-state index in [9.17, 15) is 4.79 Å². The van der Waals surface area contributed by atoms with Crippen LogP contribution >= 0.6 is 23.5 Å². The molecule has 0 spiro atoms.